The number of hydrogen-bond acceptors (Lipinski definition) is 0. The molecule has 0 unspecified atom stereocenters. The first-order chi connectivity index (χ1) is 6.93. The van der Waals surface area contributed by atoms with Gasteiger partial charge >= 0.3 is 0 Å². The average molecular weight is 190 g/mol. The van der Waals surface area contributed by atoms with Crippen LogP contribution in [-0.2, 0) is 6.42 Å². The monoisotopic (exact) mass is 190 g/mol. The van der Waals surface area contributed by atoms with Crippen LogP contribution in [0.4, 0.5) is 0 Å². The largest absolute Gasteiger partial charge is 0.0622 e. The minimum atomic E-state index is 1.14. The van der Waals surface area contributed by atoms with E-state index in [0.717, 1.165) is 6.42 Å². The van der Waals surface area contributed by atoms with Crippen LogP contribution in [0.1, 0.15) is 51.0 Å². The fraction of sp³-hybridized carbons (Fsp3) is 0.571. The van der Waals surface area contributed by atoms with E-state index >= 15 is 0 Å². The van der Waals surface area contributed by atoms with Crippen molar-refractivity contribution in [3.05, 3.63) is 35.9 Å². The molecule has 0 nitrogen and oxygen atoms in total. The molecule has 0 N–H and O–H groups in total. The Bertz CT molecular complexity index is 197. The first-order valence-electron chi connectivity index (χ1n) is 5.97. The Hall–Kier alpha value is -0.780. The van der Waals surface area contributed by atoms with Gasteiger partial charge < -0.3 is 0 Å². The van der Waals surface area contributed by atoms with Crippen LogP contribution in [0.5, 0.6) is 0 Å². The van der Waals surface area contributed by atoms with Gasteiger partial charge in [-0.25, -0.2) is 0 Å². The Morgan fingerprint density at radius 3 is 1.50 bits per heavy atom. The van der Waals surface area contributed by atoms with Gasteiger partial charge in [-0.2, -0.15) is 0 Å². The van der Waals surface area contributed by atoms with E-state index in [0.29, 0.717) is 0 Å². The zero-order valence-electron chi connectivity index (χ0n) is 9.34. The van der Waals surface area contributed by atoms with E-state index in [1.807, 2.05) is 6.07 Å². The highest BCUT2D eigenvalue weighted by molar-refractivity contribution is 5.13. The van der Waals surface area contributed by atoms with Gasteiger partial charge in [-0.1, -0.05) is 75.8 Å². The van der Waals surface area contributed by atoms with Gasteiger partial charge in [0.2, 0.25) is 0 Å². The molecule has 1 fully saturated rings. The number of benzene rings is 1. The molecule has 1 aliphatic rings. The van der Waals surface area contributed by atoms with E-state index in [2.05, 4.69) is 31.2 Å². The van der Waals surface area contributed by atoms with Crippen molar-refractivity contribution >= 4 is 0 Å². The van der Waals surface area contributed by atoms with Gasteiger partial charge in [0.05, 0.1) is 0 Å². The van der Waals surface area contributed by atoms with Crippen molar-refractivity contribution in [3.63, 3.8) is 0 Å². The molecule has 1 aliphatic carbocycles. The Balaban J connectivity index is 0.000000146. The van der Waals surface area contributed by atoms with Crippen LogP contribution < -0.4 is 0 Å². The highest BCUT2D eigenvalue weighted by Gasteiger charge is 1.95. The van der Waals surface area contributed by atoms with E-state index in [1.165, 1.54) is 44.1 Å². The molecule has 0 bridgehead atoms. The molecule has 0 atom stereocenters. The molecule has 0 aromatic heterocycles. The summed E-state index contributed by atoms with van der Waals surface area (Å²) in [4.78, 5) is 0. The molecule has 0 saturated heterocycles. The van der Waals surface area contributed by atoms with E-state index in [9.17, 15) is 0 Å². The summed E-state index contributed by atoms with van der Waals surface area (Å²) in [5.41, 5.74) is 1.41. The van der Waals surface area contributed by atoms with Crippen molar-refractivity contribution in [2.75, 3.05) is 0 Å². The van der Waals surface area contributed by atoms with Gasteiger partial charge in [0.1, 0.15) is 0 Å². The van der Waals surface area contributed by atoms with Crippen LogP contribution in [0.25, 0.3) is 0 Å². The zero-order chi connectivity index (χ0) is 10.1. The van der Waals surface area contributed by atoms with E-state index in [1.54, 1.807) is 0 Å². The standard InChI is InChI=1S/C8H10.C6H12/c1-2-8-6-4-3-5-7-8;1-2-4-6-5-3-1/h3-7H,2H2,1H3;1-6H2. The van der Waals surface area contributed by atoms with Crippen LogP contribution in [0.2, 0.25) is 0 Å². The van der Waals surface area contributed by atoms with Gasteiger partial charge in [0, 0.05) is 0 Å². The van der Waals surface area contributed by atoms with Crippen molar-refractivity contribution in [1.82, 2.24) is 0 Å². The molecule has 78 valence electrons. The lowest BCUT2D eigenvalue weighted by molar-refractivity contribution is 0.504. The summed E-state index contributed by atoms with van der Waals surface area (Å²) < 4.78 is 0. The number of hydrogen-bond donors (Lipinski definition) is 0. The summed E-state index contributed by atoms with van der Waals surface area (Å²) in [5.74, 6) is 0. The zero-order valence-corrected chi connectivity index (χ0v) is 9.34. The third-order valence-electron chi connectivity index (χ3n) is 2.75. The SMILES string of the molecule is C1CCCCC1.CCc1ccccc1. The van der Waals surface area contributed by atoms with E-state index in [4.69, 9.17) is 0 Å². The molecule has 14 heavy (non-hydrogen) atoms. The highest BCUT2D eigenvalue weighted by atomic mass is 14.0. The molecule has 2 rings (SSSR count). The molecule has 0 radical (unpaired) electrons. The van der Waals surface area contributed by atoms with Gasteiger partial charge in [-0.15, -0.1) is 0 Å². The summed E-state index contributed by atoms with van der Waals surface area (Å²) in [7, 11) is 0. The Labute approximate surface area is 88.4 Å². The number of rotatable bonds is 1. The van der Waals surface area contributed by atoms with E-state index in [-0.39, 0.29) is 0 Å². The molecule has 0 amide bonds. The van der Waals surface area contributed by atoms with Crippen molar-refractivity contribution in [3.8, 4) is 0 Å². The maximum Gasteiger partial charge on any atom is -0.0307 e. The highest BCUT2D eigenvalue weighted by Crippen LogP contribution is 2.15. The molecule has 1 aromatic rings. The third-order valence-corrected chi connectivity index (χ3v) is 2.75. The smallest absolute Gasteiger partial charge is 0.0307 e. The Morgan fingerprint density at radius 2 is 1.21 bits per heavy atom. The summed E-state index contributed by atoms with van der Waals surface area (Å²) in [6, 6.07) is 10.5. The first-order valence-corrected chi connectivity index (χ1v) is 5.97. The molecule has 0 spiro atoms. The second kappa shape index (κ2) is 7.61. The van der Waals surface area contributed by atoms with Crippen molar-refractivity contribution in [2.24, 2.45) is 0 Å². The fourth-order valence-electron chi connectivity index (χ4n) is 1.77. The quantitative estimate of drug-likeness (QED) is 0.607. The van der Waals surface area contributed by atoms with Crippen molar-refractivity contribution < 1.29 is 0 Å². The first kappa shape index (κ1) is 11.3. The lowest BCUT2D eigenvalue weighted by Gasteiger charge is -2.05. The van der Waals surface area contributed by atoms with Crippen LogP contribution in [0.15, 0.2) is 30.3 Å². The maximum atomic E-state index is 2.16. The van der Waals surface area contributed by atoms with Gasteiger partial charge in [0.15, 0.2) is 0 Å². The van der Waals surface area contributed by atoms with Gasteiger partial charge in [-0.3, -0.25) is 0 Å². The minimum Gasteiger partial charge on any atom is -0.0622 e. The predicted octanol–water partition coefficient (Wildman–Crippen LogP) is 4.59. The third kappa shape index (κ3) is 5.06. The lowest BCUT2D eigenvalue weighted by Crippen LogP contribution is -1.85. The van der Waals surface area contributed by atoms with Crippen LogP contribution >= 0.6 is 0 Å². The predicted molar refractivity (Wildman–Crippen MR) is 63.5 cm³/mol. The second-order valence-electron chi connectivity index (χ2n) is 3.96. The Morgan fingerprint density at radius 1 is 0.786 bits per heavy atom. The fourth-order valence-corrected chi connectivity index (χ4v) is 1.77. The minimum absolute atomic E-state index is 1.14. The molecule has 0 heteroatoms. The molecule has 1 saturated carbocycles. The van der Waals surface area contributed by atoms with Crippen LogP contribution in [-0.4, -0.2) is 0 Å². The van der Waals surface area contributed by atoms with Crippen LogP contribution in [0.3, 0.4) is 0 Å². The van der Waals surface area contributed by atoms with Crippen molar-refractivity contribution in [2.45, 2.75) is 51.9 Å². The summed E-state index contributed by atoms with van der Waals surface area (Å²) in [5, 5.41) is 0. The van der Waals surface area contributed by atoms with Gasteiger partial charge in [0.25, 0.3) is 0 Å². The second-order valence-corrected chi connectivity index (χ2v) is 3.96. The normalized spacial score (nSPS) is 15.5. The molecule has 0 heterocycles. The van der Waals surface area contributed by atoms with E-state index < -0.39 is 0 Å². The van der Waals surface area contributed by atoms with Crippen molar-refractivity contribution in [1.29, 1.82) is 0 Å². The molecule has 0 aliphatic heterocycles. The topological polar surface area (TPSA) is 0 Å². The molecular weight excluding hydrogens is 168 g/mol. The maximum absolute atomic E-state index is 2.16. The molecule has 1 aromatic carbocycles. The van der Waals surface area contributed by atoms with Gasteiger partial charge in [-0.05, 0) is 12.0 Å². The summed E-state index contributed by atoms with van der Waals surface area (Å²) in [6.45, 7) is 2.16. The number of aryl methyl sites for hydroxylation is 1. The Kier molecular flexibility index (Phi) is 6.14. The summed E-state index contributed by atoms with van der Waals surface area (Å²) >= 11 is 0. The lowest BCUT2D eigenvalue weighted by atomic mass is 10.0. The van der Waals surface area contributed by atoms with Crippen LogP contribution in [0, 0.1) is 0 Å². The summed E-state index contributed by atoms with van der Waals surface area (Å²) in [6.07, 6.45) is 10.1. The average Bonchev–Trinajstić information content (AvgIpc) is 2.33. The molecular formula is C14H22.